The third kappa shape index (κ3) is 4.40. The molecule has 0 saturated heterocycles. The summed E-state index contributed by atoms with van der Waals surface area (Å²) in [5.74, 6) is -0.255. The van der Waals surface area contributed by atoms with Gasteiger partial charge in [-0.15, -0.1) is 0 Å². The van der Waals surface area contributed by atoms with Crippen LogP contribution in [-0.2, 0) is 22.1 Å². The second-order valence-electron chi connectivity index (χ2n) is 9.48. The van der Waals surface area contributed by atoms with Gasteiger partial charge in [0.1, 0.15) is 4.70 Å². The van der Waals surface area contributed by atoms with E-state index >= 15 is 0 Å². The van der Waals surface area contributed by atoms with Crippen molar-refractivity contribution in [3.05, 3.63) is 89.1 Å². The van der Waals surface area contributed by atoms with Gasteiger partial charge in [0.05, 0.1) is 5.75 Å². The van der Waals surface area contributed by atoms with Gasteiger partial charge in [0.2, 0.25) is 5.52 Å². The normalized spacial score (nSPS) is 16.7. The number of nitrogens with zero attached hydrogens (tertiary/aromatic N) is 2. The van der Waals surface area contributed by atoms with E-state index in [0.717, 1.165) is 10.5 Å². The first-order valence-corrected chi connectivity index (χ1v) is 14.1. The van der Waals surface area contributed by atoms with Crippen molar-refractivity contribution >= 4 is 54.2 Å². The van der Waals surface area contributed by atoms with E-state index in [-0.39, 0.29) is 11.2 Å². The predicted molar refractivity (Wildman–Crippen MR) is 146 cm³/mol. The molecule has 0 spiro atoms. The topological polar surface area (TPSA) is 61.5 Å². The molecule has 0 saturated carbocycles. The van der Waals surface area contributed by atoms with Crippen LogP contribution in [0.15, 0.2) is 78.5 Å². The molecule has 1 aliphatic rings. The van der Waals surface area contributed by atoms with Crippen LogP contribution in [0.3, 0.4) is 0 Å². The predicted octanol–water partition coefficient (Wildman–Crippen LogP) is 5.94. The number of hydrogen-bond donors (Lipinski definition) is 1. The lowest BCUT2D eigenvalue weighted by atomic mass is 9.84. The second kappa shape index (κ2) is 8.90. The summed E-state index contributed by atoms with van der Waals surface area (Å²) >= 11 is 1.70. The van der Waals surface area contributed by atoms with Gasteiger partial charge in [-0.2, -0.15) is 13.0 Å². The fourth-order valence-corrected chi connectivity index (χ4v) is 6.84. The molecule has 0 atom stereocenters. The quantitative estimate of drug-likeness (QED) is 0.260. The summed E-state index contributed by atoms with van der Waals surface area (Å²) in [6.45, 7) is 5.00. The maximum Gasteiger partial charge on any atom is 0.265 e. The lowest BCUT2D eigenvalue weighted by Crippen LogP contribution is -2.36. The molecule has 7 heteroatoms. The van der Waals surface area contributed by atoms with Crippen LogP contribution in [0.25, 0.3) is 27.1 Å². The highest BCUT2D eigenvalue weighted by Gasteiger charge is 2.37. The van der Waals surface area contributed by atoms with Crippen molar-refractivity contribution in [1.82, 2.24) is 0 Å². The van der Waals surface area contributed by atoms with Gasteiger partial charge in [-0.25, -0.2) is 0 Å². The monoisotopic (exact) mass is 505 g/mol. The molecular weight excluding hydrogens is 476 g/mol. The van der Waals surface area contributed by atoms with E-state index in [1.165, 1.54) is 32.4 Å². The molecule has 5 nitrogen and oxygen atoms in total. The first kappa shape index (κ1) is 23.7. The van der Waals surface area contributed by atoms with Gasteiger partial charge in [0.25, 0.3) is 15.1 Å². The Bertz CT molecular complexity index is 1600. The molecule has 3 aromatic carbocycles. The Hall–Kier alpha value is -3.00. The van der Waals surface area contributed by atoms with Crippen LogP contribution in [0.5, 0.6) is 0 Å². The number of fused-ring (bicyclic) bond motifs is 4. The molecule has 0 unspecified atom stereocenters. The van der Waals surface area contributed by atoms with Gasteiger partial charge in [0, 0.05) is 47.8 Å². The number of hydrogen-bond acceptors (Lipinski definition) is 4. The van der Waals surface area contributed by atoms with E-state index in [9.17, 15) is 13.0 Å². The van der Waals surface area contributed by atoms with Crippen molar-refractivity contribution in [2.45, 2.75) is 32.2 Å². The zero-order valence-electron chi connectivity index (χ0n) is 20.1. The van der Waals surface area contributed by atoms with Crippen molar-refractivity contribution in [2.75, 3.05) is 17.7 Å². The Morgan fingerprint density at radius 3 is 2.57 bits per heavy atom. The standard InChI is InChI=1S/C28H28N2O3S2/c1-28(2)22-12-6-7-13-23(22)29(3)25(28)14-8-15-26-30(18-9-19-35(31,32)33)24-17-16-20-10-4-5-11-21(20)27(24)34-26/h4-8,10-17H,9,18-19H2,1-3H3/p+1. The molecule has 180 valence electrons. The molecule has 0 bridgehead atoms. The maximum atomic E-state index is 11.3. The first-order valence-electron chi connectivity index (χ1n) is 11.7. The smallest absolute Gasteiger partial charge is 0.265 e. The van der Waals surface area contributed by atoms with E-state index in [1.54, 1.807) is 11.3 Å². The molecule has 35 heavy (non-hydrogen) atoms. The van der Waals surface area contributed by atoms with E-state index in [0.29, 0.717) is 13.0 Å². The number of benzene rings is 3. The van der Waals surface area contributed by atoms with Gasteiger partial charge in [-0.3, -0.25) is 4.55 Å². The Morgan fingerprint density at radius 1 is 1.06 bits per heavy atom. The summed E-state index contributed by atoms with van der Waals surface area (Å²) in [5.41, 5.74) is 4.74. The zero-order valence-corrected chi connectivity index (χ0v) is 21.7. The summed E-state index contributed by atoms with van der Waals surface area (Å²) in [6, 6.07) is 21.0. The second-order valence-corrected chi connectivity index (χ2v) is 12.1. The Kier molecular flexibility index (Phi) is 6.03. The van der Waals surface area contributed by atoms with Crippen LogP contribution in [0.1, 0.15) is 30.8 Å². The number of rotatable bonds is 6. The number of likely N-dealkylation sites (N-methyl/N-ethyl adjacent to an activating group) is 1. The fourth-order valence-electron chi connectivity index (χ4n) is 5.11. The number of anilines is 1. The molecule has 0 fully saturated rings. The molecule has 1 aliphatic heterocycles. The summed E-state index contributed by atoms with van der Waals surface area (Å²) in [7, 11) is -1.89. The summed E-state index contributed by atoms with van der Waals surface area (Å²) in [4.78, 5) is 2.25. The number of thiazole rings is 1. The van der Waals surface area contributed by atoms with Crippen molar-refractivity contribution < 1.29 is 17.5 Å². The SMILES string of the molecule is CN1C(=CC=Cc2sc3c4ccccc4ccc3[n+]2CCCS(=O)(=O)O)C(C)(C)c2ccccc21. The molecule has 0 amide bonds. The molecule has 1 aromatic heterocycles. The molecule has 1 N–H and O–H groups in total. The molecule has 4 aromatic rings. The molecule has 0 radical (unpaired) electrons. The molecule has 5 rings (SSSR count). The van der Waals surface area contributed by atoms with Crippen molar-refractivity contribution in [1.29, 1.82) is 0 Å². The third-order valence-corrected chi connectivity index (χ3v) is 8.84. The van der Waals surface area contributed by atoms with Gasteiger partial charge in [-0.1, -0.05) is 73.7 Å². The van der Waals surface area contributed by atoms with Gasteiger partial charge < -0.3 is 4.90 Å². The van der Waals surface area contributed by atoms with Gasteiger partial charge >= 0.3 is 0 Å². The largest absolute Gasteiger partial charge is 0.347 e. The number of para-hydroxylation sites is 1. The number of aryl methyl sites for hydroxylation is 1. The van der Waals surface area contributed by atoms with E-state index in [1.807, 2.05) is 12.1 Å². The lowest BCUT2D eigenvalue weighted by molar-refractivity contribution is -0.668. The zero-order chi connectivity index (χ0) is 24.8. The lowest BCUT2D eigenvalue weighted by Gasteiger charge is -2.23. The van der Waals surface area contributed by atoms with Crippen LogP contribution in [0.4, 0.5) is 5.69 Å². The summed E-state index contributed by atoms with van der Waals surface area (Å²) in [5, 5.41) is 3.40. The Morgan fingerprint density at radius 2 is 1.80 bits per heavy atom. The first-order chi connectivity index (χ1) is 16.7. The molecule has 2 heterocycles. The van der Waals surface area contributed by atoms with Crippen LogP contribution in [-0.4, -0.2) is 25.8 Å². The summed E-state index contributed by atoms with van der Waals surface area (Å²) < 4.78 is 35.2. The third-order valence-electron chi connectivity index (χ3n) is 6.84. The van der Waals surface area contributed by atoms with Crippen LogP contribution in [0, 0.1) is 0 Å². The van der Waals surface area contributed by atoms with Crippen molar-refractivity contribution in [3.8, 4) is 0 Å². The van der Waals surface area contributed by atoms with E-state index < -0.39 is 10.1 Å². The highest BCUT2D eigenvalue weighted by Crippen LogP contribution is 2.46. The maximum absolute atomic E-state index is 11.3. The minimum absolute atomic E-state index is 0.0997. The summed E-state index contributed by atoms with van der Waals surface area (Å²) in [6.07, 6.45) is 6.71. The Labute approximate surface area is 210 Å². The van der Waals surface area contributed by atoms with Crippen molar-refractivity contribution in [3.63, 3.8) is 0 Å². The molecular formula is C28H29N2O3S2+. The van der Waals surface area contributed by atoms with E-state index in [4.69, 9.17) is 0 Å². The average Bonchev–Trinajstić information content (AvgIpc) is 3.27. The van der Waals surface area contributed by atoms with Gasteiger partial charge in [-0.05, 0) is 29.2 Å². The number of aromatic nitrogens is 1. The molecule has 0 aliphatic carbocycles. The average molecular weight is 506 g/mol. The highest BCUT2D eigenvalue weighted by atomic mass is 32.2. The minimum atomic E-state index is -3.99. The Balaban J connectivity index is 1.55. The minimum Gasteiger partial charge on any atom is -0.347 e. The van der Waals surface area contributed by atoms with E-state index in [2.05, 4.69) is 97.1 Å². The number of allylic oxidation sites excluding steroid dienone is 3. The highest BCUT2D eigenvalue weighted by molar-refractivity contribution is 7.85. The van der Waals surface area contributed by atoms with Crippen LogP contribution >= 0.6 is 11.3 Å². The fraction of sp³-hybridized carbons (Fsp3) is 0.250. The van der Waals surface area contributed by atoms with Crippen LogP contribution < -0.4 is 9.47 Å². The van der Waals surface area contributed by atoms with Crippen LogP contribution in [0.2, 0.25) is 0 Å². The van der Waals surface area contributed by atoms with Gasteiger partial charge in [0.15, 0.2) is 6.54 Å². The van der Waals surface area contributed by atoms with Crippen molar-refractivity contribution in [2.24, 2.45) is 0 Å².